The molecular weight excluding hydrogens is 506 g/mol. The SMILES string of the molecule is CN(C1CCN([S+](C)(=O)[O-])CC1)C1NC(NC2CCCC(C(F)(F)F)C2)NC(OCC(F)(F)F)N1. The van der Waals surface area contributed by atoms with E-state index in [9.17, 15) is 35.1 Å². The van der Waals surface area contributed by atoms with Crippen LogP contribution in [-0.2, 0) is 19.3 Å². The van der Waals surface area contributed by atoms with Gasteiger partial charge in [0.25, 0.3) is 0 Å². The van der Waals surface area contributed by atoms with Gasteiger partial charge in [-0.3, -0.25) is 26.2 Å². The van der Waals surface area contributed by atoms with Gasteiger partial charge in [-0.15, -0.1) is 4.31 Å². The second-order valence-electron chi connectivity index (χ2n) is 9.47. The number of hydrogen-bond donors (Lipinski definition) is 4. The summed E-state index contributed by atoms with van der Waals surface area (Å²) in [6.07, 6.45) is -8.55. The third kappa shape index (κ3) is 8.74. The molecule has 3 aliphatic rings. The van der Waals surface area contributed by atoms with E-state index in [1.807, 2.05) is 4.90 Å². The van der Waals surface area contributed by atoms with Crippen LogP contribution in [0.25, 0.3) is 0 Å². The van der Waals surface area contributed by atoms with Crippen LogP contribution in [-0.4, -0.2) is 90.1 Å². The highest BCUT2D eigenvalue weighted by atomic mass is 32.3. The fraction of sp³-hybridized carbons (Fsp3) is 1.00. The minimum atomic E-state index is -4.56. The number of piperidine rings is 1. The Hall–Kier alpha value is -0.590. The zero-order chi connectivity index (χ0) is 26.0. The predicted molar refractivity (Wildman–Crippen MR) is 115 cm³/mol. The Balaban J connectivity index is 1.63. The molecule has 0 bridgehead atoms. The van der Waals surface area contributed by atoms with E-state index in [0.717, 1.165) is 6.26 Å². The molecule has 2 saturated heterocycles. The number of ether oxygens (including phenoxy) is 1. The molecule has 206 valence electrons. The normalized spacial score (nSPS) is 34.2. The molecule has 6 atom stereocenters. The summed E-state index contributed by atoms with van der Waals surface area (Å²) in [6, 6.07) is -0.560. The van der Waals surface area contributed by atoms with Crippen LogP contribution in [0.1, 0.15) is 38.5 Å². The number of sulfonamides is 1. The van der Waals surface area contributed by atoms with Crippen molar-refractivity contribution in [2.75, 3.05) is 33.0 Å². The van der Waals surface area contributed by atoms with Gasteiger partial charge in [-0.2, -0.15) is 26.3 Å². The van der Waals surface area contributed by atoms with Crippen molar-refractivity contribution in [1.29, 1.82) is 0 Å². The topological polar surface area (TPSA) is 104 Å². The van der Waals surface area contributed by atoms with Gasteiger partial charge < -0.3 is 9.29 Å². The molecule has 1 saturated carbocycles. The van der Waals surface area contributed by atoms with Crippen molar-refractivity contribution in [3.05, 3.63) is 0 Å². The van der Waals surface area contributed by atoms with E-state index >= 15 is 0 Å². The molecule has 6 unspecified atom stereocenters. The molecule has 1 aliphatic carbocycles. The average molecular weight is 541 g/mol. The van der Waals surface area contributed by atoms with Crippen molar-refractivity contribution in [2.24, 2.45) is 5.92 Å². The van der Waals surface area contributed by atoms with Crippen molar-refractivity contribution in [3.8, 4) is 0 Å². The smallest absolute Gasteiger partial charge is 0.411 e. The molecule has 4 N–H and O–H groups in total. The van der Waals surface area contributed by atoms with E-state index in [1.54, 1.807) is 7.05 Å². The molecule has 3 fully saturated rings. The summed E-state index contributed by atoms with van der Waals surface area (Å²) in [4.78, 5) is 1.85. The van der Waals surface area contributed by atoms with Crippen molar-refractivity contribution < 1.29 is 39.8 Å². The van der Waals surface area contributed by atoms with Crippen LogP contribution in [0.2, 0.25) is 0 Å². The van der Waals surface area contributed by atoms with E-state index < -0.39 is 60.3 Å². The molecule has 0 amide bonds. The summed E-state index contributed by atoms with van der Waals surface area (Å²) >= 11 is 0. The maximum atomic E-state index is 13.2. The quantitative estimate of drug-likeness (QED) is 0.285. The summed E-state index contributed by atoms with van der Waals surface area (Å²) in [5, 5.41) is 11.9. The maximum Gasteiger partial charge on any atom is 0.411 e. The van der Waals surface area contributed by atoms with Gasteiger partial charge in [-0.05, 0) is 39.2 Å². The van der Waals surface area contributed by atoms with Crippen molar-refractivity contribution in [1.82, 2.24) is 30.5 Å². The molecule has 16 heteroatoms. The Labute approximate surface area is 202 Å². The first-order chi connectivity index (χ1) is 16.1. The molecular formula is C19H34F6N6O3S. The lowest BCUT2D eigenvalue weighted by Gasteiger charge is -2.47. The first-order valence-corrected chi connectivity index (χ1v) is 13.4. The fourth-order valence-corrected chi connectivity index (χ4v) is 5.74. The minimum absolute atomic E-state index is 0.0591. The summed E-state index contributed by atoms with van der Waals surface area (Å²) in [5.74, 6) is -1.42. The van der Waals surface area contributed by atoms with E-state index in [0.29, 0.717) is 38.8 Å². The Bertz CT molecular complexity index is 733. The molecule has 3 rings (SSSR count). The van der Waals surface area contributed by atoms with Crippen LogP contribution in [0.4, 0.5) is 26.3 Å². The first-order valence-electron chi connectivity index (χ1n) is 11.6. The number of nitrogens with one attached hydrogen (secondary N) is 4. The van der Waals surface area contributed by atoms with E-state index in [4.69, 9.17) is 4.74 Å². The Morgan fingerprint density at radius 3 is 2.31 bits per heavy atom. The van der Waals surface area contributed by atoms with E-state index in [2.05, 4.69) is 21.3 Å². The van der Waals surface area contributed by atoms with Crippen LogP contribution in [0, 0.1) is 5.92 Å². The average Bonchev–Trinajstić information content (AvgIpc) is 2.76. The van der Waals surface area contributed by atoms with Gasteiger partial charge in [0.1, 0.15) is 35.8 Å². The second-order valence-corrected chi connectivity index (χ2v) is 11.5. The highest BCUT2D eigenvalue weighted by molar-refractivity contribution is 7.94. The monoisotopic (exact) mass is 540 g/mol. The lowest BCUT2D eigenvalue weighted by molar-refractivity contribution is -0.202. The van der Waals surface area contributed by atoms with Gasteiger partial charge in [0.05, 0.1) is 5.92 Å². The van der Waals surface area contributed by atoms with Crippen molar-refractivity contribution in [3.63, 3.8) is 0 Å². The molecule has 0 aromatic carbocycles. The van der Waals surface area contributed by atoms with Crippen LogP contribution in [0.5, 0.6) is 0 Å². The highest BCUT2D eigenvalue weighted by Gasteiger charge is 2.43. The number of hydrogen-bond acceptors (Lipinski definition) is 8. The zero-order valence-electron chi connectivity index (χ0n) is 19.6. The maximum absolute atomic E-state index is 13.2. The zero-order valence-corrected chi connectivity index (χ0v) is 20.4. The third-order valence-electron chi connectivity index (χ3n) is 6.78. The van der Waals surface area contributed by atoms with Gasteiger partial charge in [0, 0.05) is 25.2 Å². The van der Waals surface area contributed by atoms with Crippen LogP contribution < -0.4 is 21.3 Å². The Kier molecular flexibility index (Phi) is 9.46. The summed E-state index contributed by atoms with van der Waals surface area (Å²) in [5.41, 5.74) is 0. The lowest BCUT2D eigenvalue weighted by atomic mass is 9.85. The van der Waals surface area contributed by atoms with Crippen LogP contribution in [0.3, 0.4) is 0 Å². The van der Waals surface area contributed by atoms with Gasteiger partial charge >= 0.3 is 12.4 Å². The van der Waals surface area contributed by atoms with E-state index in [1.165, 1.54) is 4.31 Å². The summed E-state index contributed by atoms with van der Waals surface area (Å²) in [6.45, 7) is -0.877. The predicted octanol–water partition coefficient (Wildman–Crippen LogP) is 1.48. The standard InChI is InChI=1S/C19H34F6N6O3S/c1-30(14-6-8-31(9-7-14)35(2,32)33)16-27-15(28-17(29-16)34-11-18(20,21)22)26-13-5-3-4-12(10-13)19(23,24)25/h12-17,26-29H,3-11H2,1-2H3. The van der Waals surface area contributed by atoms with Crippen LogP contribution in [0.15, 0.2) is 0 Å². The molecule has 2 aliphatic heterocycles. The number of halogens is 6. The van der Waals surface area contributed by atoms with Gasteiger partial charge in [-0.25, -0.2) is 0 Å². The molecule has 0 aromatic rings. The lowest BCUT2D eigenvalue weighted by Crippen LogP contribution is -2.76. The molecule has 2 heterocycles. The molecule has 35 heavy (non-hydrogen) atoms. The third-order valence-corrected chi connectivity index (χ3v) is 8.08. The Morgan fingerprint density at radius 1 is 1.09 bits per heavy atom. The molecule has 9 nitrogen and oxygen atoms in total. The fourth-order valence-electron chi connectivity index (χ4n) is 4.87. The number of rotatable bonds is 7. The number of nitrogens with zero attached hydrogens (tertiary/aromatic N) is 2. The largest absolute Gasteiger partial charge is 0.598 e. The van der Waals surface area contributed by atoms with Crippen molar-refractivity contribution in [2.45, 2.75) is 81.9 Å². The summed E-state index contributed by atoms with van der Waals surface area (Å²) in [7, 11) is -1.57. The minimum Gasteiger partial charge on any atom is -0.598 e. The van der Waals surface area contributed by atoms with Gasteiger partial charge in [-0.1, -0.05) is 10.6 Å². The second kappa shape index (κ2) is 11.4. The highest BCUT2D eigenvalue weighted by Crippen LogP contribution is 2.37. The first kappa shape index (κ1) is 29.0. The van der Waals surface area contributed by atoms with Crippen molar-refractivity contribution >= 4 is 10.4 Å². The van der Waals surface area contributed by atoms with Gasteiger partial charge in [0.15, 0.2) is 6.35 Å². The molecule has 0 aromatic heterocycles. The van der Waals surface area contributed by atoms with Crippen LogP contribution >= 0.6 is 0 Å². The molecule has 0 spiro atoms. The Morgan fingerprint density at radius 2 is 1.74 bits per heavy atom. The summed E-state index contributed by atoms with van der Waals surface area (Å²) < 4.78 is 108. The van der Waals surface area contributed by atoms with E-state index in [-0.39, 0.29) is 18.9 Å². The molecule has 0 radical (unpaired) electrons. The van der Waals surface area contributed by atoms with Gasteiger partial charge in [0.2, 0.25) is 0 Å². The number of alkyl halides is 6.